The van der Waals surface area contributed by atoms with Gasteiger partial charge >= 0.3 is 5.97 Å². The number of nitrogens with zero attached hydrogens (tertiary/aromatic N) is 2. The summed E-state index contributed by atoms with van der Waals surface area (Å²) in [6.45, 7) is 2.05. The Bertz CT molecular complexity index is 655. The number of ether oxygens (including phenoxy) is 1. The zero-order valence-corrected chi connectivity index (χ0v) is 14.9. The maximum absolute atomic E-state index is 12.8. The highest BCUT2D eigenvalue weighted by Crippen LogP contribution is 2.45. The van der Waals surface area contributed by atoms with E-state index in [-0.39, 0.29) is 30.3 Å². The minimum Gasteiger partial charge on any atom is -0.458 e. The fraction of sp³-hybridized carbons (Fsp3) is 0.737. The van der Waals surface area contributed by atoms with Gasteiger partial charge in [0, 0.05) is 12.2 Å². The summed E-state index contributed by atoms with van der Waals surface area (Å²) in [5.41, 5.74) is 0.675. The number of hydrogen-bond donors (Lipinski definition) is 1. The van der Waals surface area contributed by atoms with Crippen LogP contribution in [-0.2, 0) is 14.3 Å². The van der Waals surface area contributed by atoms with Crippen LogP contribution in [0.3, 0.4) is 0 Å². The van der Waals surface area contributed by atoms with Gasteiger partial charge in [-0.15, -0.1) is 0 Å². The molecular formula is C19H27N3O3. The van der Waals surface area contributed by atoms with Crippen LogP contribution in [0, 0.1) is 12.8 Å². The van der Waals surface area contributed by atoms with Gasteiger partial charge in [0.1, 0.15) is 5.60 Å². The highest BCUT2D eigenvalue weighted by Gasteiger charge is 2.54. The molecule has 4 rings (SSSR count). The Morgan fingerprint density at radius 2 is 2.00 bits per heavy atom. The van der Waals surface area contributed by atoms with Gasteiger partial charge in [0.15, 0.2) is 0 Å². The number of esters is 1. The topological polar surface area (TPSA) is 73.2 Å². The van der Waals surface area contributed by atoms with Crippen molar-refractivity contribution in [1.29, 1.82) is 0 Å². The summed E-state index contributed by atoms with van der Waals surface area (Å²) in [5, 5.41) is 7.63. The van der Waals surface area contributed by atoms with Crippen molar-refractivity contribution in [2.45, 2.75) is 82.4 Å². The number of aromatic nitrogens is 2. The zero-order chi connectivity index (χ0) is 17.4. The largest absolute Gasteiger partial charge is 0.458 e. The van der Waals surface area contributed by atoms with Gasteiger partial charge in [0.25, 0.3) is 0 Å². The molecular weight excluding hydrogens is 318 g/mol. The molecule has 3 aliphatic rings. The normalized spacial score (nSPS) is 31.2. The Morgan fingerprint density at radius 3 is 2.64 bits per heavy atom. The Labute approximate surface area is 148 Å². The van der Waals surface area contributed by atoms with Gasteiger partial charge in [0.05, 0.1) is 24.6 Å². The van der Waals surface area contributed by atoms with E-state index >= 15 is 0 Å². The fourth-order valence-electron chi connectivity index (χ4n) is 4.87. The SMILES string of the molecule is Cc1cnn(C2CCC(NC(=O)C3CC(=O)OC34CCCC4)CC2)c1. The second-order valence-corrected chi connectivity index (χ2v) is 8.01. The first kappa shape index (κ1) is 16.6. The van der Waals surface area contributed by atoms with E-state index in [1.54, 1.807) is 0 Å². The Hall–Kier alpha value is -1.85. The maximum atomic E-state index is 12.8. The van der Waals surface area contributed by atoms with Crippen molar-refractivity contribution in [3.63, 3.8) is 0 Å². The molecule has 6 heteroatoms. The average molecular weight is 345 g/mol. The van der Waals surface area contributed by atoms with E-state index in [2.05, 4.69) is 28.2 Å². The number of amides is 1. The lowest BCUT2D eigenvalue weighted by atomic mass is 9.84. The molecule has 2 heterocycles. The van der Waals surface area contributed by atoms with Crippen LogP contribution in [0.15, 0.2) is 12.4 Å². The summed E-state index contributed by atoms with van der Waals surface area (Å²) in [6, 6.07) is 0.633. The monoisotopic (exact) mass is 345 g/mol. The van der Waals surface area contributed by atoms with E-state index < -0.39 is 5.60 Å². The molecule has 3 fully saturated rings. The molecule has 2 saturated carbocycles. The van der Waals surface area contributed by atoms with Crippen molar-refractivity contribution in [2.24, 2.45) is 5.92 Å². The first-order chi connectivity index (χ1) is 12.1. The third kappa shape index (κ3) is 3.18. The lowest BCUT2D eigenvalue weighted by Gasteiger charge is -2.32. The lowest BCUT2D eigenvalue weighted by Crippen LogP contribution is -2.47. The summed E-state index contributed by atoms with van der Waals surface area (Å²) < 4.78 is 7.66. The first-order valence-corrected chi connectivity index (χ1v) is 9.59. The molecule has 1 unspecified atom stereocenters. The summed E-state index contributed by atoms with van der Waals surface area (Å²) in [4.78, 5) is 24.6. The van der Waals surface area contributed by atoms with E-state index in [0.717, 1.165) is 51.4 Å². The van der Waals surface area contributed by atoms with Gasteiger partial charge in [-0.05, 0) is 63.9 Å². The minimum absolute atomic E-state index is 0.0196. The van der Waals surface area contributed by atoms with Gasteiger partial charge in [-0.2, -0.15) is 5.10 Å². The van der Waals surface area contributed by atoms with Crippen LogP contribution < -0.4 is 5.32 Å². The Kier molecular flexibility index (Phi) is 4.29. The quantitative estimate of drug-likeness (QED) is 0.855. The molecule has 1 aliphatic heterocycles. The van der Waals surface area contributed by atoms with Crippen LogP contribution in [0.25, 0.3) is 0 Å². The summed E-state index contributed by atoms with van der Waals surface area (Å²) >= 11 is 0. The number of nitrogens with one attached hydrogen (secondary N) is 1. The number of carbonyl (C=O) groups is 2. The van der Waals surface area contributed by atoms with Gasteiger partial charge in [0.2, 0.25) is 5.91 Å². The smallest absolute Gasteiger partial charge is 0.307 e. The Balaban J connectivity index is 1.34. The molecule has 1 aromatic rings. The molecule has 1 aromatic heterocycles. The van der Waals surface area contributed by atoms with Crippen molar-refractivity contribution >= 4 is 11.9 Å². The highest BCUT2D eigenvalue weighted by atomic mass is 16.6. The predicted molar refractivity (Wildman–Crippen MR) is 91.8 cm³/mol. The molecule has 1 saturated heterocycles. The fourth-order valence-corrected chi connectivity index (χ4v) is 4.87. The van der Waals surface area contributed by atoms with Crippen molar-refractivity contribution in [1.82, 2.24) is 15.1 Å². The highest BCUT2D eigenvalue weighted by molar-refractivity contribution is 5.88. The average Bonchev–Trinajstić information content (AvgIpc) is 3.30. The molecule has 1 amide bonds. The van der Waals surface area contributed by atoms with Crippen LogP contribution in [0.1, 0.15) is 69.4 Å². The molecule has 1 atom stereocenters. The van der Waals surface area contributed by atoms with Gasteiger partial charge in [-0.3, -0.25) is 14.3 Å². The standard InChI is InChI=1S/C19H27N3O3/c1-13-11-20-22(12-13)15-6-4-14(5-7-15)21-18(24)16-10-17(23)25-19(16)8-2-3-9-19/h11-12,14-16H,2-10H2,1H3,(H,21,24). The summed E-state index contributed by atoms with van der Waals surface area (Å²) in [5.74, 6) is -0.486. The van der Waals surface area contributed by atoms with E-state index in [1.807, 2.05) is 6.20 Å². The van der Waals surface area contributed by atoms with E-state index in [0.29, 0.717) is 6.04 Å². The van der Waals surface area contributed by atoms with Gasteiger partial charge in [-0.1, -0.05) is 0 Å². The molecule has 0 aromatic carbocycles. The van der Waals surface area contributed by atoms with Crippen LogP contribution in [-0.4, -0.2) is 33.3 Å². The molecule has 6 nitrogen and oxygen atoms in total. The second kappa shape index (κ2) is 6.46. The summed E-state index contributed by atoms with van der Waals surface area (Å²) in [6.07, 6.45) is 12.0. The van der Waals surface area contributed by atoms with Crippen molar-refractivity contribution in [2.75, 3.05) is 0 Å². The minimum atomic E-state index is -0.509. The van der Waals surface area contributed by atoms with Crippen LogP contribution in [0.2, 0.25) is 0 Å². The van der Waals surface area contributed by atoms with Crippen molar-refractivity contribution < 1.29 is 14.3 Å². The number of carbonyl (C=O) groups excluding carboxylic acids is 2. The molecule has 0 radical (unpaired) electrons. The van der Waals surface area contributed by atoms with Gasteiger partial charge in [-0.25, -0.2) is 0 Å². The van der Waals surface area contributed by atoms with E-state index in [4.69, 9.17) is 4.74 Å². The number of aryl methyl sites for hydroxylation is 1. The van der Waals surface area contributed by atoms with Crippen LogP contribution in [0.5, 0.6) is 0 Å². The van der Waals surface area contributed by atoms with Crippen molar-refractivity contribution in [3.8, 4) is 0 Å². The van der Waals surface area contributed by atoms with E-state index in [9.17, 15) is 9.59 Å². The number of rotatable bonds is 3. The molecule has 136 valence electrons. The molecule has 25 heavy (non-hydrogen) atoms. The zero-order valence-electron chi connectivity index (χ0n) is 14.9. The number of hydrogen-bond acceptors (Lipinski definition) is 4. The first-order valence-electron chi connectivity index (χ1n) is 9.59. The molecule has 2 aliphatic carbocycles. The third-order valence-corrected chi connectivity index (χ3v) is 6.24. The predicted octanol–water partition coefficient (Wildman–Crippen LogP) is 2.67. The van der Waals surface area contributed by atoms with Crippen LogP contribution in [0.4, 0.5) is 0 Å². The molecule has 1 N–H and O–H groups in total. The third-order valence-electron chi connectivity index (χ3n) is 6.24. The Morgan fingerprint density at radius 1 is 1.28 bits per heavy atom. The summed E-state index contributed by atoms with van der Waals surface area (Å²) in [7, 11) is 0. The molecule has 1 spiro atoms. The lowest BCUT2D eigenvalue weighted by molar-refractivity contribution is -0.150. The van der Waals surface area contributed by atoms with Gasteiger partial charge < -0.3 is 10.1 Å². The molecule has 0 bridgehead atoms. The maximum Gasteiger partial charge on any atom is 0.307 e. The second-order valence-electron chi connectivity index (χ2n) is 8.01. The van der Waals surface area contributed by atoms with Crippen LogP contribution >= 0.6 is 0 Å². The van der Waals surface area contributed by atoms with Crippen molar-refractivity contribution in [3.05, 3.63) is 18.0 Å². The van der Waals surface area contributed by atoms with E-state index in [1.165, 1.54) is 5.56 Å².